The maximum Gasteiger partial charge on any atom is 0.255 e. The van der Waals surface area contributed by atoms with E-state index in [1.54, 1.807) is 0 Å². The minimum atomic E-state index is -2.28. The highest BCUT2D eigenvalue weighted by molar-refractivity contribution is 6.20. The number of aliphatic hydroxyl groups is 3. The van der Waals surface area contributed by atoms with Gasteiger partial charge in [0.1, 0.15) is 22.8 Å². The van der Waals surface area contributed by atoms with E-state index in [0.29, 0.717) is 11.1 Å². The first kappa shape index (κ1) is 29.2. The van der Waals surface area contributed by atoms with E-state index in [9.17, 15) is 34.8 Å². The van der Waals surface area contributed by atoms with Crippen LogP contribution in [0.1, 0.15) is 43.4 Å². The number of primary amides is 1. The number of nitrogens with zero attached hydrogens (tertiary/aromatic N) is 1. The number of fused-ring (bicyclic) bond motifs is 2. The second-order valence-electron chi connectivity index (χ2n) is 9.74. The highest BCUT2D eigenvalue weighted by Crippen LogP contribution is 2.46. The molecule has 4 rings (SSSR count). The van der Waals surface area contributed by atoms with Crippen molar-refractivity contribution in [2.24, 2.45) is 11.7 Å². The highest BCUT2D eigenvalue weighted by Gasteiger charge is 2.40. The fourth-order valence-electron chi connectivity index (χ4n) is 5.19. The number of phenolic OH excluding ortho intramolecular Hbond substituents is 1. The smallest absolute Gasteiger partial charge is 0.255 e. The first-order valence-electron chi connectivity index (χ1n) is 12.3. The van der Waals surface area contributed by atoms with Gasteiger partial charge in [-0.2, -0.15) is 0 Å². The molecule has 0 fully saturated rings. The molecular weight excluding hydrogens is 502 g/mol. The molecule has 2 aliphatic carbocycles. The lowest BCUT2D eigenvalue weighted by Crippen LogP contribution is -2.35. The maximum absolute atomic E-state index is 13.4. The number of Topliss-reactive ketones (excluding diaryl/α,β-unsaturated/α-hetero) is 2. The van der Waals surface area contributed by atoms with Gasteiger partial charge in [0.2, 0.25) is 0 Å². The predicted octanol–water partition coefficient (Wildman–Crippen LogP) is 3.13. The van der Waals surface area contributed by atoms with Crippen molar-refractivity contribution in [3.8, 4) is 5.75 Å². The van der Waals surface area contributed by atoms with E-state index in [-0.39, 0.29) is 56.5 Å². The van der Waals surface area contributed by atoms with Gasteiger partial charge in [-0.15, -0.1) is 0 Å². The van der Waals surface area contributed by atoms with Crippen molar-refractivity contribution in [2.45, 2.75) is 45.8 Å². The van der Waals surface area contributed by atoms with Crippen molar-refractivity contribution in [1.29, 1.82) is 0 Å². The van der Waals surface area contributed by atoms with E-state index in [1.807, 2.05) is 55.4 Å². The molecule has 2 aromatic carbocycles. The van der Waals surface area contributed by atoms with Crippen molar-refractivity contribution < 1.29 is 34.8 Å². The van der Waals surface area contributed by atoms with Crippen LogP contribution in [-0.4, -0.2) is 58.1 Å². The average molecular weight is 538 g/mol. The Balaban J connectivity index is 0.00000420. The molecule has 2 aromatic rings. The van der Waals surface area contributed by atoms with Crippen LogP contribution in [-0.2, 0) is 27.3 Å². The molecule has 2 aliphatic rings. The molecular formula is C29H35N3O7. The Kier molecular flexibility index (Phi) is 8.71. The third-order valence-electron chi connectivity index (χ3n) is 7.06. The number of hydrogen-bond donors (Lipinski definition) is 6. The quantitative estimate of drug-likeness (QED) is 0.313. The van der Waals surface area contributed by atoms with Gasteiger partial charge in [0.15, 0.2) is 17.7 Å². The van der Waals surface area contributed by atoms with E-state index in [2.05, 4.69) is 5.32 Å². The predicted molar refractivity (Wildman–Crippen MR) is 148 cm³/mol. The summed E-state index contributed by atoms with van der Waals surface area (Å²) in [6, 6.07) is 11.2. The second-order valence-corrected chi connectivity index (χ2v) is 9.74. The lowest BCUT2D eigenvalue weighted by atomic mass is 9.74. The maximum atomic E-state index is 13.4. The highest BCUT2D eigenvalue weighted by atomic mass is 16.3. The number of phenols is 1. The number of carbonyl (C=O) groups excluding carboxylic acids is 3. The lowest BCUT2D eigenvalue weighted by Gasteiger charge is -2.33. The number of carbonyl (C=O) groups is 3. The van der Waals surface area contributed by atoms with Crippen molar-refractivity contribution in [3.63, 3.8) is 0 Å². The summed E-state index contributed by atoms with van der Waals surface area (Å²) in [4.78, 5) is 39.5. The zero-order valence-electron chi connectivity index (χ0n) is 21.2. The molecule has 0 aromatic heterocycles. The van der Waals surface area contributed by atoms with Gasteiger partial charge >= 0.3 is 0 Å². The van der Waals surface area contributed by atoms with Gasteiger partial charge in [-0.25, -0.2) is 0 Å². The van der Waals surface area contributed by atoms with Crippen LogP contribution < -0.4 is 16.0 Å². The summed E-state index contributed by atoms with van der Waals surface area (Å²) in [6.07, 6.45) is -1.66. The van der Waals surface area contributed by atoms with E-state index >= 15 is 0 Å². The third-order valence-corrected chi connectivity index (χ3v) is 7.06. The molecule has 10 heteroatoms. The molecule has 0 saturated heterocycles. The van der Waals surface area contributed by atoms with E-state index < -0.39 is 46.6 Å². The standard InChI is InChI=1S/C28H31N3O7.CH4/c1-31(2)18-12-15(13-30-16-8-4-3-5-9-16)23(33)21-17(18)11-14-7-6-10-19(32)22(28(29)38)26(36)27(37)25(35)20(14)24(21)34;/h3-5,8-9,12,14,27,30,33-34,36-37H,6-7,10-11,13H2,1-2H3,(H2,29,38);1H4/b26-22-;/t14?,27-;/m0./s1. The van der Waals surface area contributed by atoms with Crippen molar-refractivity contribution in [1.82, 2.24) is 0 Å². The summed E-state index contributed by atoms with van der Waals surface area (Å²) in [5, 5.41) is 47.0. The molecule has 1 amide bonds. The Bertz CT molecular complexity index is 1360. The molecule has 2 atom stereocenters. The summed E-state index contributed by atoms with van der Waals surface area (Å²) >= 11 is 0. The molecule has 7 N–H and O–H groups in total. The average Bonchev–Trinajstić information content (AvgIpc) is 2.87. The number of nitrogens with one attached hydrogen (secondary N) is 1. The summed E-state index contributed by atoms with van der Waals surface area (Å²) < 4.78 is 0. The van der Waals surface area contributed by atoms with Gasteiger partial charge in [0, 0.05) is 49.6 Å². The van der Waals surface area contributed by atoms with E-state index in [4.69, 9.17) is 5.73 Å². The normalized spacial score (nSPS) is 21.4. The molecule has 39 heavy (non-hydrogen) atoms. The van der Waals surface area contributed by atoms with E-state index in [1.165, 1.54) is 0 Å². The van der Waals surface area contributed by atoms with Crippen LogP contribution in [0.15, 0.2) is 53.3 Å². The second kappa shape index (κ2) is 11.6. The van der Waals surface area contributed by atoms with Crippen molar-refractivity contribution in [2.75, 3.05) is 24.3 Å². The van der Waals surface area contributed by atoms with Gasteiger partial charge in [-0.1, -0.05) is 25.6 Å². The number of rotatable bonds is 5. The molecule has 0 heterocycles. The van der Waals surface area contributed by atoms with Crippen molar-refractivity contribution in [3.05, 3.63) is 70.0 Å². The van der Waals surface area contributed by atoms with Crippen LogP contribution in [0.2, 0.25) is 0 Å². The van der Waals surface area contributed by atoms with Crippen LogP contribution >= 0.6 is 0 Å². The molecule has 0 aliphatic heterocycles. The van der Waals surface area contributed by atoms with Gasteiger partial charge in [-0.3, -0.25) is 14.4 Å². The number of benzene rings is 2. The van der Waals surface area contributed by atoms with Gasteiger partial charge in [0.25, 0.3) is 5.91 Å². The number of hydrogen-bond acceptors (Lipinski definition) is 9. The topological polar surface area (TPSA) is 173 Å². The summed E-state index contributed by atoms with van der Waals surface area (Å²) in [6.45, 7) is 0.222. The summed E-state index contributed by atoms with van der Waals surface area (Å²) in [7, 11) is 3.65. The minimum Gasteiger partial charge on any atom is -0.508 e. The molecule has 0 bridgehead atoms. The number of amides is 1. The Hall–Kier alpha value is -4.31. The number of aromatic hydroxyl groups is 1. The Morgan fingerprint density at radius 3 is 2.41 bits per heavy atom. The SMILES string of the molecule is C.CN(C)c1cc(CNc2ccccc2)c(O)c2c1CC1CCCC(=O)/C(C(N)=O)=C(/O)[C@@H](O)C(=O)C1=C2O. The Labute approximate surface area is 227 Å². The Morgan fingerprint density at radius 2 is 1.79 bits per heavy atom. The minimum absolute atomic E-state index is 0. The van der Waals surface area contributed by atoms with Crippen molar-refractivity contribution >= 4 is 34.6 Å². The molecule has 208 valence electrons. The van der Waals surface area contributed by atoms with Crippen LogP contribution in [0.3, 0.4) is 0 Å². The van der Waals surface area contributed by atoms with Crippen LogP contribution in [0, 0.1) is 5.92 Å². The zero-order valence-corrected chi connectivity index (χ0v) is 21.2. The molecule has 0 radical (unpaired) electrons. The number of ketones is 2. The monoisotopic (exact) mass is 537 g/mol. The van der Waals surface area contributed by atoms with Gasteiger partial charge < -0.3 is 36.4 Å². The van der Waals surface area contributed by atoms with Crippen LogP contribution in [0.4, 0.5) is 11.4 Å². The van der Waals surface area contributed by atoms with Gasteiger partial charge in [0.05, 0.1) is 5.56 Å². The fourth-order valence-corrected chi connectivity index (χ4v) is 5.19. The molecule has 0 spiro atoms. The zero-order chi connectivity index (χ0) is 27.7. The summed E-state index contributed by atoms with van der Waals surface area (Å²) in [5.74, 6) is -5.57. The largest absolute Gasteiger partial charge is 0.508 e. The lowest BCUT2D eigenvalue weighted by molar-refractivity contribution is -0.124. The number of aliphatic hydroxyl groups excluding tert-OH is 3. The van der Waals surface area contributed by atoms with Crippen LogP contribution in [0.25, 0.3) is 5.76 Å². The number of nitrogens with two attached hydrogens (primary N) is 1. The summed E-state index contributed by atoms with van der Waals surface area (Å²) in [5.41, 5.74) is 6.94. The van der Waals surface area contributed by atoms with E-state index in [0.717, 1.165) is 11.4 Å². The fraction of sp³-hybridized carbons (Fsp3) is 0.345. The first-order chi connectivity index (χ1) is 18.0. The third kappa shape index (κ3) is 5.46. The first-order valence-corrected chi connectivity index (χ1v) is 12.3. The Morgan fingerprint density at radius 1 is 1.13 bits per heavy atom. The molecule has 10 nitrogen and oxygen atoms in total. The molecule has 1 unspecified atom stereocenters. The van der Waals surface area contributed by atoms with Gasteiger partial charge in [-0.05, 0) is 48.9 Å². The van der Waals surface area contributed by atoms with Crippen LogP contribution in [0.5, 0.6) is 5.75 Å². The number of anilines is 2. The molecule has 0 saturated carbocycles. The number of para-hydroxylation sites is 1.